The topological polar surface area (TPSA) is 103 Å². The Morgan fingerprint density at radius 1 is 1.11 bits per heavy atom. The van der Waals surface area contributed by atoms with E-state index in [4.69, 9.17) is 14.2 Å². The summed E-state index contributed by atoms with van der Waals surface area (Å²) in [5, 5.41) is 3.76. The molecule has 144 valence electrons. The molecule has 0 heterocycles. The zero-order chi connectivity index (χ0) is 20.0. The van der Waals surface area contributed by atoms with Crippen LogP contribution in [0.1, 0.15) is 12.5 Å². The first kappa shape index (κ1) is 20.7. The van der Waals surface area contributed by atoms with Gasteiger partial charge in [-0.25, -0.2) is 4.83 Å². The van der Waals surface area contributed by atoms with Crippen LogP contribution in [0.3, 0.4) is 0 Å². The first-order chi connectivity index (χ1) is 12.8. The average molecular weight is 457 g/mol. The molecule has 0 spiro atoms. The zero-order valence-corrected chi connectivity index (χ0v) is 17.1. The predicted molar refractivity (Wildman–Crippen MR) is 103 cm³/mol. The van der Waals surface area contributed by atoms with Gasteiger partial charge in [0, 0.05) is 17.0 Å². The van der Waals surface area contributed by atoms with Crippen LogP contribution < -0.4 is 19.0 Å². The molecule has 0 aliphatic heterocycles. The summed E-state index contributed by atoms with van der Waals surface area (Å²) >= 11 is 3.24. The lowest BCUT2D eigenvalue weighted by Gasteiger charge is -2.13. The van der Waals surface area contributed by atoms with Crippen LogP contribution in [-0.2, 0) is 14.8 Å². The highest BCUT2D eigenvalue weighted by Crippen LogP contribution is 2.38. The van der Waals surface area contributed by atoms with Crippen molar-refractivity contribution in [3.63, 3.8) is 0 Å². The van der Waals surface area contributed by atoms with Crippen LogP contribution >= 0.6 is 15.9 Å². The molecule has 0 fully saturated rings. The molecule has 10 heteroatoms. The number of carbonyl (C=O) groups excluding carboxylic acids is 1. The van der Waals surface area contributed by atoms with Crippen molar-refractivity contribution in [1.82, 2.24) is 4.83 Å². The standard InChI is InChI=1S/C17H17BrN2O6S/c1-11(21)26-17-15(24-2)8-12(9-16(17)25-3)10-19-20-27(22,23)14-6-4-13(18)5-7-14/h4-10,20H,1-3H3/b19-10-. The lowest BCUT2D eigenvalue weighted by molar-refractivity contribution is -0.132. The molecule has 2 aromatic carbocycles. The maximum Gasteiger partial charge on any atom is 0.308 e. The van der Waals surface area contributed by atoms with Crippen molar-refractivity contribution in [2.45, 2.75) is 11.8 Å². The van der Waals surface area contributed by atoms with E-state index in [0.29, 0.717) is 5.56 Å². The number of nitrogens with zero attached hydrogens (tertiary/aromatic N) is 1. The molecule has 0 radical (unpaired) electrons. The molecule has 0 aromatic heterocycles. The molecule has 0 aliphatic carbocycles. The van der Waals surface area contributed by atoms with Gasteiger partial charge in [0.15, 0.2) is 11.5 Å². The van der Waals surface area contributed by atoms with Crippen LogP contribution in [0.15, 0.2) is 50.9 Å². The van der Waals surface area contributed by atoms with Crippen molar-refractivity contribution in [3.8, 4) is 17.2 Å². The molecule has 0 bridgehead atoms. The Labute approximate surface area is 165 Å². The van der Waals surface area contributed by atoms with Gasteiger partial charge in [0.1, 0.15) is 0 Å². The van der Waals surface area contributed by atoms with E-state index in [0.717, 1.165) is 4.47 Å². The highest BCUT2D eigenvalue weighted by molar-refractivity contribution is 9.10. The van der Waals surface area contributed by atoms with Crippen molar-refractivity contribution in [2.75, 3.05) is 14.2 Å². The normalized spacial score (nSPS) is 11.3. The van der Waals surface area contributed by atoms with E-state index in [1.165, 1.54) is 51.6 Å². The van der Waals surface area contributed by atoms with Crippen molar-refractivity contribution < 1.29 is 27.4 Å². The van der Waals surface area contributed by atoms with Crippen molar-refractivity contribution >= 4 is 38.1 Å². The highest BCUT2D eigenvalue weighted by atomic mass is 79.9. The van der Waals surface area contributed by atoms with Gasteiger partial charge >= 0.3 is 5.97 Å². The molecule has 2 aromatic rings. The highest BCUT2D eigenvalue weighted by Gasteiger charge is 2.16. The number of carbonyl (C=O) groups is 1. The summed E-state index contributed by atoms with van der Waals surface area (Å²) in [5.41, 5.74) is 0.470. The molecule has 1 N–H and O–H groups in total. The number of hydrogen-bond donors (Lipinski definition) is 1. The molecular weight excluding hydrogens is 440 g/mol. The number of methoxy groups -OCH3 is 2. The van der Waals surface area contributed by atoms with Crippen LogP contribution in [-0.4, -0.2) is 34.8 Å². The summed E-state index contributed by atoms with van der Waals surface area (Å²) < 4.78 is 40.7. The number of halogens is 1. The van der Waals surface area contributed by atoms with Gasteiger partial charge in [-0.2, -0.15) is 13.5 Å². The van der Waals surface area contributed by atoms with Crippen LogP contribution in [0.5, 0.6) is 17.2 Å². The Hall–Kier alpha value is -2.59. The number of esters is 1. The maximum atomic E-state index is 12.2. The summed E-state index contributed by atoms with van der Waals surface area (Å²) in [5.74, 6) is 0.0684. The van der Waals surface area contributed by atoms with E-state index in [2.05, 4.69) is 25.9 Å². The van der Waals surface area contributed by atoms with Gasteiger partial charge in [-0.05, 0) is 36.4 Å². The van der Waals surface area contributed by atoms with Gasteiger partial charge in [-0.15, -0.1) is 0 Å². The number of hydrazone groups is 1. The van der Waals surface area contributed by atoms with Gasteiger partial charge in [-0.3, -0.25) is 4.79 Å². The number of sulfonamides is 1. The fourth-order valence-corrected chi connectivity index (χ4v) is 3.11. The molecule has 2 rings (SSSR count). The molecule has 0 amide bonds. The van der Waals surface area contributed by atoms with E-state index in [1.54, 1.807) is 12.1 Å². The smallest absolute Gasteiger partial charge is 0.308 e. The second-order valence-corrected chi connectivity index (χ2v) is 7.73. The Morgan fingerprint density at radius 3 is 2.15 bits per heavy atom. The van der Waals surface area contributed by atoms with Crippen LogP contribution in [0.2, 0.25) is 0 Å². The minimum Gasteiger partial charge on any atom is -0.493 e. The summed E-state index contributed by atoms with van der Waals surface area (Å²) in [6.45, 7) is 1.26. The van der Waals surface area contributed by atoms with Crippen LogP contribution in [0.25, 0.3) is 0 Å². The third-order valence-electron chi connectivity index (χ3n) is 3.24. The molecule has 0 atom stereocenters. The van der Waals surface area contributed by atoms with E-state index >= 15 is 0 Å². The summed E-state index contributed by atoms with van der Waals surface area (Å²) in [6, 6.07) is 9.17. The quantitative estimate of drug-likeness (QED) is 0.297. The summed E-state index contributed by atoms with van der Waals surface area (Å²) in [4.78, 5) is 13.4. The van der Waals surface area contributed by atoms with Gasteiger partial charge in [0.2, 0.25) is 5.75 Å². The van der Waals surface area contributed by atoms with Gasteiger partial charge in [-0.1, -0.05) is 15.9 Å². The van der Waals surface area contributed by atoms with E-state index in [1.807, 2.05) is 0 Å². The Balaban J connectivity index is 2.26. The third kappa shape index (κ3) is 5.44. The lowest BCUT2D eigenvalue weighted by Crippen LogP contribution is -2.18. The first-order valence-corrected chi connectivity index (χ1v) is 9.79. The van der Waals surface area contributed by atoms with Gasteiger partial charge < -0.3 is 14.2 Å². The van der Waals surface area contributed by atoms with Crippen molar-refractivity contribution in [2.24, 2.45) is 5.10 Å². The minimum atomic E-state index is -3.80. The second-order valence-electron chi connectivity index (χ2n) is 5.16. The van der Waals surface area contributed by atoms with E-state index in [-0.39, 0.29) is 22.1 Å². The predicted octanol–water partition coefficient (Wildman–Crippen LogP) is 2.70. The molecule has 27 heavy (non-hydrogen) atoms. The Bertz CT molecular complexity index is 933. The SMILES string of the molecule is COc1cc(/C=N\NS(=O)(=O)c2ccc(Br)cc2)cc(OC)c1OC(C)=O. The van der Waals surface area contributed by atoms with Crippen LogP contribution in [0.4, 0.5) is 0 Å². The largest absolute Gasteiger partial charge is 0.493 e. The minimum absolute atomic E-state index is 0.0724. The fourth-order valence-electron chi connectivity index (χ4n) is 2.06. The van der Waals surface area contributed by atoms with Crippen molar-refractivity contribution in [1.29, 1.82) is 0 Å². The summed E-state index contributed by atoms with van der Waals surface area (Å²) in [6.07, 6.45) is 1.28. The number of nitrogens with one attached hydrogen (secondary N) is 1. The second kappa shape index (κ2) is 8.87. The third-order valence-corrected chi connectivity index (χ3v) is 5.01. The molecule has 8 nitrogen and oxygen atoms in total. The Kier molecular flexibility index (Phi) is 6.81. The Morgan fingerprint density at radius 2 is 1.67 bits per heavy atom. The molecule has 0 aliphatic rings. The maximum absolute atomic E-state index is 12.2. The zero-order valence-electron chi connectivity index (χ0n) is 14.7. The molecule has 0 saturated carbocycles. The molecular formula is C17H17BrN2O6S. The number of ether oxygens (including phenoxy) is 3. The monoisotopic (exact) mass is 456 g/mol. The fraction of sp³-hybridized carbons (Fsp3) is 0.176. The number of benzene rings is 2. The molecule has 0 unspecified atom stereocenters. The molecule has 0 saturated heterocycles. The van der Waals surface area contributed by atoms with E-state index < -0.39 is 16.0 Å². The van der Waals surface area contributed by atoms with Crippen molar-refractivity contribution in [3.05, 3.63) is 46.4 Å². The average Bonchev–Trinajstić information content (AvgIpc) is 2.62. The number of hydrogen-bond acceptors (Lipinski definition) is 7. The number of rotatable bonds is 7. The lowest BCUT2D eigenvalue weighted by atomic mass is 10.2. The first-order valence-electron chi connectivity index (χ1n) is 7.51. The summed E-state index contributed by atoms with van der Waals surface area (Å²) in [7, 11) is -1.000. The van der Waals surface area contributed by atoms with E-state index in [9.17, 15) is 13.2 Å². The van der Waals surface area contributed by atoms with Gasteiger partial charge in [0.05, 0.1) is 25.3 Å². The van der Waals surface area contributed by atoms with Crippen LogP contribution in [0, 0.1) is 0 Å². The van der Waals surface area contributed by atoms with Gasteiger partial charge in [0.25, 0.3) is 10.0 Å².